The second-order valence-electron chi connectivity index (χ2n) is 8.58. The summed E-state index contributed by atoms with van der Waals surface area (Å²) in [6, 6.07) is 34.8. The van der Waals surface area contributed by atoms with Crippen LogP contribution in [0.4, 0.5) is 17.1 Å². The highest BCUT2D eigenvalue weighted by Crippen LogP contribution is 2.38. The first kappa shape index (κ1) is 21.8. The minimum Gasteiger partial charge on any atom is -0.340 e. The van der Waals surface area contributed by atoms with Gasteiger partial charge in [0, 0.05) is 38.9 Å². The Kier molecular flexibility index (Phi) is 6.50. The molecule has 0 atom stereocenters. The Bertz CT molecular complexity index is 1320. The molecule has 0 saturated heterocycles. The van der Waals surface area contributed by atoms with Gasteiger partial charge in [0.25, 0.3) is 0 Å². The Balaban J connectivity index is 1.68. The van der Waals surface area contributed by atoms with Crippen molar-refractivity contribution in [1.82, 2.24) is 4.57 Å². The van der Waals surface area contributed by atoms with Gasteiger partial charge in [0.05, 0.1) is 11.0 Å². The predicted octanol–water partition coefficient (Wildman–Crippen LogP) is 9.61. The summed E-state index contributed by atoms with van der Waals surface area (Å²) in [5, 5.41) is 2.64. The minimum absolute atomic E-state index is 1.04. The van der Waals surface area contributed by atoms with Crippen LogP contribution in [0.25, 0.3) is 21.8 Å². The number of para-hydroxylation sites is 2. The quantitative estimate of drug-likeness (QED) is 0.194. The van der Waals surface area contributed by atoms with Gasteiger partial charge in [-0.15, -0.1) is 0 Å². The van der Waals surface area contributed by atoms with Gasteiger partial charge in [-0.05, 0) is 55.0 Å². The van der Waals surface area contributed by atoms with Crippen LogP contribution in [-0.2, 0) is 6.54 Å². The minimum atomic E-state index is 1.04. The van der Waals surface area contributed by atoms with Gasteiger partial charge < -0.3 is 9.47 Å². The molecule has 5 rings (SSSR count). The highest BCUT2D eigenvalue weighted by Gasteiger charge is 2.16. The topological polar surface area (TPSA) is 8.17 Å². The Morgan fingerprint density at radius 1 is 0.636 bits per heavy atom. The number of nitrogens with zero attached hydrogens (tertiary/aromatic N) is 2. The van der Waals surface area contributed by atoms with Gasteiger partial charge in [-0.25, -0.2) is 0 Å². The monoisotopic (exact) mass is 496 g/mol. The van der Waals surface area contributed by atoms with Gasteiger partial charge >= 0.3 is 0 Å². The van der Waals surface area contributed by atoms with E-state index in [9.17, 15) is 0 Å². The Hall–Kier alpha value is -3.04. The van der Waals surface area contributed by atoms with E-state index in [0.29, 0.717) is 0 Å². The fourth-order valence-corrected chi connectivity index (χ4v) is 5.08. The number of aryl methyl sites for hydroxylation is 1. The molecule has 0 N–H and O–H groups in total. The van der Waals surface area contributed by atoms with E-state index < -0.39 is 0 Å². The van der Waals surface area contributed by atoms with Crippen molar-refractivity contribution in [3.8, 4) is 0 Å². The molecular weight excluding hydrogens is 468 g/mol. The molecule has 1 heterocycles. The van der Waals surface area contributed by atoms with Crippen LogP contribution in [0.5, 0.6) is 0 Å². The molecule has 166 valence electrons. The summed E-state index contributed by atoms with van der Waals surface area (Å²) in [4.78, 5) is 2.34. The van der Waals surface area contributed by atoms with Crippen LogP contribution in [-0.4, -0.2) is 4.57 Å². The normalized spacial score (nSPS) is 11.3. The van der Waals surface area contributed by atoms with Crippen molar-refractivity contribution in [3.05, 3.63) is 102 Å². The molecule has 0 saturated carbocycles. The zero-order valence-corrected chi connectivity index (χ0v) is 20.6. The lowest BCUT2D eigenvalue weighted by atomic mass is 10.1. The smallest absolute Gasteiger partial charge is 0.0512 e. The summed E-state index contributed by atoms with van der Waals surface area (Å²) in [6.45, 7) is 3.31. The van der Waals surface area contributed by atoms with Crippen molar-refractivity contribution in [2.24, 2.45) is 0 Å². The van der Waals surface area contributed by atoms with E-state index in [1.807, 2.05) is 0 Å². The van der Waals surface area contributed by atoms with Gasteiger partial charge in [0.2, 0.25) is 0 Å². The second-order valence-corrected chi connectivity index (χ2v) is 9.50. The predicted molar refractivity (Wildman–Crippen MR) is 146 cm³/mol. The lowest BCUT2D eigenvalue weighted by molar-refractivity contribution is 0.602. The average molecular weight is 497 g/mol. The maximum absolute atomic E-state index is 3.69. The van der Waals surface area contributed by atoms with Crippen molar-refractivity contribution < 1.29 is 0 Å². The molecule has 0 aliphatic carbocycles. The molecule has 0 spiro atoms. The van der Waals surface area contributed by atoms with Crippen LogP contribution in [0.1, 0.15) is 32.6 Å². The molecule has 1 aromatic heterocycles. The summed E-state index contributed by atoms with van der Waals surface area (Å²) in [5.74, 6) is 0. The number of rotatable bonds is 8. The molecular formula is C30H29BrN2. The summed E-state index contributed by atoms with van der Waals surface area (Å²) in [6.07, 6.45) is 5.02. The van der Waals surface area contributed by atoms with Gasteiger partial charge in [-0.1, -0.05) is 90.6 Å². The van der Waals surface area contributed by atoms with Gasteiger partial charge in [0.15, 0.2) is 0 Å². The van der Waals surface area contributed by atoms with Gasteiger partial charge in [0.1, 0.15) is 0 Å². The molecule has 5 aromatic rings. The summed E-state index contributed by atoms with van der Waals surface area (Å²) in [7, 11) is 0. The fourth-order valence-electron chi connectivity index (χ4n) is 4.73. The number of halogens is 1. The molecule has 0 radical (unpaired) electrons. The maximum Gasteiger partial charge on any atom is 0.0512 e. The Morgan fingerprint density at radius 2 is 1.24 bits per heavy atom. The number of unbranched alkanes of at least 4 members (excludes halogenated alkanes) is 3. The number of hydrogen-bond acceptors (Lipinski definition) is 1. The Labute approximate surface area is 204 Å². The van der Waals surface area contributed by atoms with E-state index in [4.69, 9.17) is 0 Å². The number of benzene rings is 4. The van der Waals surface area contributed by atoms with Gasteiger partial charge in [-0.3, -0.25) is 0 Å². The first-order chi connectivity index (χ1) is 16.3. The SMILES string of the molecule is CCCCCCn1c2cc(Br)ccc2c2ccc(N(c3ccccc3)c3ccccc3)cc21. The third-order valence-electron chi connectivity index (χ3n) is 6.34. The summed E-state index contributed by atoms with van der Waals surface area (Å²) >= 11 is 3.69. The van der Waals surface area contributed by atoms with E-state index in [1.165, 1.54) is 53.2 Å². The van der Waals surface area contributed by atoms with Crippen molar-refractivity contribution >= 4 is 54.8 Å². The zero-order chi connectivity index (χ0) is 22.6. The molecule has 0 fully saturated rings. The lowest BCUT2D eigenvalue weighted by Gasteiger charge is -2.25. The third kappa shape index (κ3) is 4.43. The van der Waals surface area contributed by atoms with E-state index in [0.717, 1.165) is 22.4 Å². The van der Waals surface area contributed by atoms with Crippen LogP contribution in [0, 0.1) is 0 Å². The van der Waals surface area contributed by atoms with E-state index in [2.05, 4.69) is 129 Å². The van der Waals surface area contributed by atoms with Crippen LogP contribution in [0.15, 0.2) is 102 Å². The summed E-state index contributed by atoms with van der Waals surface area (Å²) < 4.78 is 3.64. The molecule has 0 aliphatic rings. The van der Waals surface area contributed by atoms with Gasteiger partial charge in [-0.2, -0.15) is 0 Å². The first-order valence-electron chi connectivity index (χ1n) is 11.9. The lowest BCUT2D eigenvalue weighted by Crippen LogP contribution is -2.09. The second kappa shape index (κ2) is 9.84. The highest BCUT2D eigenvalue weighted by atomic mass is 79.9. The molecule has 4 aromatic carbocycles. The molecule has 0 bridgehead atoms. The van der Waals surface area contributed by atoms with Crippen LogP contribution >= 0.6 is 15.9 Å². The molecule has 2 nitrogen and oxygen atoms in total. The average Bonchev–Trinajstić information content (AvgIpc) is 3.15. The largest absolute Gasteiger partial charge is 0.340 e. The van der Waals surface area contributed by atoms with E-state index >= 15 is 0 Å². The molecule has 33 heavy (non-hydrogen) atoms. The number of anilines is 3. The standard InChI is InChI=1S/C30H29BrN2/c1-2-3-4-11-20-32-29-21-23(31)16-18-27(29)28-19-17-26(22-30(28)32)33(24-12-7-5-8-13-24)25-14-9-6-10-15-25/h5-10,12-19,21-22H,2-4,11,20H2,1H3. The van der Waals surface area contributed by atoms with Crippen LogP contribution < -0.4 is 4.90 Å². The summed E-state index contributed by atoms with van der Waals surface area (Å²) in [5.41, 5.74) is 6.11. The fraction of sp³-hybridized carbons (Fsp3) is 0.200. The number of aromatic nitrogens is 1. The zero-order valence-electron chi connectivity index (χ0n) is 19.0. The van der Waals surface area contributed by atoms with E-state index in [1.54, 1.807) is 0 Å². The van der Waals surface area contributed by atoms with E-state index in [-0.39, 0.29) is 0 Å². The third-order valence-corrected chi connectivity index (χ3v) is 6.83. The van der Waals surface area contributed by atoms with Crippen LogP contribution in [0.2, 0.25) is 0 Å². The first-order valence-corrected chi connectivity index (χ1v) is 12.7. The van der Waals surface area contributed by atoms with Crippen molar-refractivity contribution in [1.29, 1.82) is 0 Å². The van der Waals surface area contributed by atoms with Crippen molar-refractivity contribution in [2.75, 3.05) is 4.90 Å². The molecule has 0 amide bonds. The van der Waals surface area contributed by atoms with Crippen molar-refractivity contribution in [3.63, 3.8) is 0 Å². The molecule has 3 heteroatoms. The highest BCUT2D eigenvalue weighted by molar-refractivity contribution is 9.10. The van der Waals surface area contributed by atoms with Crippen molar-refractivity contribution in [2.45, 2.75) is 39.2 Å². The maximum atomic E-state index is 3.69. The number of fused-ring (bicyclic) bond motifs is 3. The molecule has 0 unspecified atom stereocenters. The Morgan fingerprint density at radius 3 is 1.88 bits per heavy atom. The molecule has 0 aliphatic heterocycles. The number of hydrogen-bond donors (Lipinski definition) is 0. The van der Waals surface area contributed by atoms with Crippen LogP contribution in [0.3, 0.4) is 0 Å².